The van der Waals surface area contributed by atoms with Crippen molar-refractivity contribution >= 4 is 21.6 Å². The summed E-state index contributed by atoms with van der Waals surface area (Å²) in [5.41, 5.74) is 3.89. The fourth-order valence-corrected chi connectivity index (χ4v) is 2.96. The van der Waals surface area contributed by atoms with Crippen LogP contribution in [0.25, 0.3) is 10.2 Å². The molecule has 2 aromatic rings. The van der Waals surface area contributed by atoms with Crippen LogP contribution in [0.2, 0.25) is 0 Å². The molecule has 0 radical (unpaired) electrons. The van der Waals surface area contributed by atoms with Crippen LogP contribution in [0.1, 0.15) is 16.1 Å². The number of aliphatic hydroxyl groups excluding tert-OH is 1. The van der Waals surface area contributed by atoms with Crippen molar-refractivity contribution < 1.29 is 9.67 Å². The molecule has 0 aliphatic heterocycles. The number of aryl methyl sites for hydroxylation is 3. The summed E-state index contributed by atoms with van der Waals surface area (Å²) in [5.74, 6) is 0. The highest BCUT2D eigenvalue weighted by atomic mass is 32.1. The lowest BCUT2D eigenvalue weighted by Crippen LogP contribution is -2.36. The third-order valence-corrected chi connectivity index (χ3v) is 3.89. The Bertz CT molecular complexity index is 502. The number of thiazole rings is 1. The first kappa shape index (κ1) is 10.6. The van der Waals surface area contributed by atoms with Gasteiger partial charge in [0, 0.05) is 13.0 Å². The van der Waals surface area contributed by atoms with Gasteiger partial charge in [0.25, 0.3) is 0 Å². The minimum atomic E-state index is 0.199. The Morgan fingerprint density at radius 2 is 1.87 bits per heavy atom. The van der Waals surface area contributed by atoms with Crippen LogP contribution in [0.15, 0.2) is 12.1 Å². The maximum atomic E-state index is 9.03. The van der Waals surface area contributed by atoms with E-state index in [1.54, 1.807) is 11.3 Å². The first-order valence-electron chi connectivity index (χ1n) is 5.14. The van der Waals surface area contributed by atoms with E-state index in [4.69, 9.17) is 5.11 Å². The van der Waals surface area contributed by atoms with Crippen LogP contribution in [-0.2, 0) is 6.54 Å². The van der Waals surface area contributed by atoms with Crippen molar-refractivity contribution in [1.29, 1.82) is 0 Å². The molecule has 15 heavy (non-hydrogen) atoms. The van der Waals surface area contributed by atoms with E-state index in [0.29, 0.717) is 6.54 Å². The molecular formula is C12H16NOS+. The van der Waals surface area contributed by atoms with Crippen LogP contribution >= 0.6 is 11.3 Å². The van der Waals surface area contributed by atoms with Gasteiger partial charge in [-0.1, -0.05) is 11.3 Å². The first-order valence-corrected chi connectivity index (χ1v) is 5.96. The summed E-state index contributed by atoms with van der Waals surface area (Å²) in [4.78, 5) is 0. The fourth-order valence-electron chi connectivity index (χ4n) is 1.83. The van der Waals surface area contributed by atoms with Crippen LogP contribution in [0.3, 0.4) is 0 Å². The Balaban J connectivity index is 2.70. The molecule has 1 aromatic carbocycles. The van der Waals surface area contributed by atoms with Crippen molar-refractivity contribution in [3.05, 3.63) is 28.3 Å². The lowest BCUT2D eigenvalue weighted by atomic mass is 10.1. The van der Waals surface area contributed by atoms with E-state index in [1.165, 1.54) is 26.4 Å². The number of aliphatic hydroxyl groups is 1. The summed E-state index contributed by atoms with van der Waals surface area (Å²) in [6.07, 6.45) is 0. The number of rotatable bonds is 2. The number of hydrogen-bond acceptors (Lipinski definition) is 2. The first-order chi connectivity index (χ1) is 7.13. The molecular weight excluding hydrogens is 206 g/mol. The zero-order valence-corrected chi connectivity index (χ0v) is 10.2. The Kier molecular flexibility index (Phi) is 2.76. The smallest absolute Gasteiger partial charge is 0.235 e. The van der Waals surface area contributed by atoms with Gasteiger partial charge in [0.05, 0.1) is 0 Å². The molecule has 0 saturated carbocycles. The summed E-state index contributed by atoms with van der Waals surface area (Å²) in [7, 11) is 0. The minimum absolute atomic E-state index is 0.199. The molecule has 2 nitrogen and oxygen atoms in total. The molecule has 0 atom stereocenters. The molecule has 0 aliphatic carbocycles. The van der Waals surface area contributed by atoms with Crippen molar-refractivity contribution in [2.45, 2.75) is 27.3 Å². The second-order valence-corrected chi connectivity index (χ2v) is 5.14. The van der Waals surface area contributed by atoms with Crippen LogP contribution in [0.4, 0.5) is 0 Å². The Morgan fingerprint density at radius 1 is 1.20 bits per heavy atom. The average molecular weight is 222 g/mol. The SMILES string of the molecule is Cc1cc2sc(C)[n+](CCO)c2cc1C. The topological polar surface area (TPSA) is 24.1 Å². The summed E-state index contributed by atoms with van der Waals surface area (Å²) in [6, 6.07) is 4.44. The predicted octanol–water partition coefficient (Wildman–Crippen LogP) is 2.11. The second-order valence-electron chi connectivity index (χ2n) is 3.90. The highest BCUT2D eigenvalue weighted by molar-refractivity contribution is 7.18. The molecule has 3 heteroatoms. The lowest BCUT2D eigenvalue weighted by Gasteiger charge is -1.98. The van der Waals surface area contributed by atoms with Crippen molar-refractivity contribution in [1.82, 2.24) is 0 Å². The van der Waals surface area contributed by atoms with Crippen LogP contribution < -0.4 is 4.57 Å². The zero-order valence-electron chi connectivity index (χ0n) is 9.37. The van der Waals surface area contributed by atoms with Gasteiger partial charge in [0.15, 0.2) is 6.54 Å². The molecule has 0 spiro atoms. The number of hydrogen-bond donors (Lipinski definition) is 1. The Morgan fingerprint density at radius 3 is 2.53 bits per heavy atom. The van der Waals surface area contributed by atoms with Crippen molar-refractivity contribution in [2.75, 3.05) is 6.61 Å². The van der Waals surface area contributed by atoms with Crippen molar-refractivity contribution in [3.63, 3.8) is 0 Å². The van der Waals surface area contributed by atoms with Gasteiger partial charge >= 0.3 is 0 Å². The maximum absolute atomic E-state index is 9.03. The molecule has 0 saturated heterocycles. The average Bonchev–Trinajstić information content (AvgIpc) is 2.46. The number of nitrogens with zero attached hydrogens (tertiary/aromatic N) is 1. The van der Waals surface area contributed by atoms with Gasteiger partial charge in [0.2, 0.25) is 10.5 Å². The quantitative estimate of drug-likeness (QED) is 0.773. The van der Waals surface area contributed by atoms with E-state index >= 15 is 0 Å². The van der Waals surface area contributed by atoms with Crippen LogP contribution in [0.5, 0.6) is 0 Å². The van der Waals surface area contributed by atoms with Crippen LogP contribution in [0, 0.1) is 20.8 Å². The van der Waals surface area contributed by atoms with Gasteiger partial charge in [0.1, 0.15) is 11.3 Å². The number of fused-ring (bicyclic) bond motifs is 1. The van der Waals surface area contributed by atoms with E-state index in [1.807, 2.05) is 0 Å². The maximum Gasteiger partial charge on any atom is 0.235 e. The Labute approximate surface area is 93.8 Å². The molecule has 80 valence electrons. The summed E-state index contributed by atoms with van der Waals surface area (Å²) in [6.45, 7) is 7.26. The molecule has 1 aromatic heterocycles. The number of aromatic nitrogens is 1. The van der Waals surface area contributed by atoms with Gasteiger partial charge in [-0.05, 0) is 31.0 Å². The molecule has 0 bridgehead atoms. The predicted molar refractivity (Wildman–Crippen MR) is 63.3 cm³/mol. The third kappa shape index (κ3) is 1.77. The van der Waals surface area contributed by atoms with Crippen molar-refractivity contribution in [2.24, 2.45) is 0 Å². The van der Waals surface area contributed by atoms with Gasteiger partial charge in [-0.2, -0.15) is 4.57 Å². The Hall–Kier alpha value is -0.930. The van der Waals surface area contributed by atoms with Gasteiger partial charge in [-0.3, -0.25) is 0 Å². The molecule has 2 rings (SSSR count). The summed E-state index contributed by atoms with van der Waals surface area (Å²) in [5, 5.41) is 10.3. The summed E-state index contributed by atoms with van der Waals surface area (Å²) >= 11 is 1.79. The van der Waals surface area contributed by atoms with Gasteiger partial charge in [-0.25, -0.2) is 0 Å². The van der Waals surface area contributed by atoms with E-state index in [9.17, 15) is 0 Å². The van der Waals surface area contributed by atoms with E-state index < -0.39 is 0 Å². The fraction of sp³-hybridized carbons (Fsp3) is 0.417. The molecule has 0 aliphatic rings. The largest absolute Gasteiger partial charge is 0.390 e. The normalized spacial score (nSPS) is 11.2. The highest BCUT2D eigenvalue weighted by Crippen LogP contribution is 2.23. The van der Waals surface area contributed by atoms with Gasteiger partial charge < -0.3 is 5.11 Å². The van der Waals surface area contributed by atoms with E-state index in [0.717, 1.165) is 0 Å². The molecule has 1 N–H and O–H groups in total. The lowest BCUT2D eigenvalue weighted by molar-refractivity contribution is -0.674. The third-order valence-electron chi connectivity index (χ3n) is 2.83. The molecule has 0 amide bonds. The number of benzene rings is 1. The minimum Gasteiger partial charge on any atom is -0.390 e. The molecule has 1 heterocycles. The molecule has 0 fully saturated rings. The van der Waals surface area contributed by atoms with Crippen molar-refractivity contribution in [3.8, 4) is 0 Å². The standard InChI is InChI=1S/C12H16NOS/c1-8-6-11-12(7-9(8)2)15-10(3)13(11)4-5-14/h6-7,14H,4-5H2,1-3H3/q+1. The highest BCUT2D eigenvalue weighted by Gasteiger charge is 2.16. The van der Waals surface area contributed by atoms with E-state index in [-0.39, 0.29) is 6.61 Å². The summed E-state index contributed by atoms with van der Waals surface area (Å²) < 4.78 is 3.50. The van der Waals surface area contributed by atoms with Crippen LogP contribution in [-0.4, -0.2) is 11.7 Å². The van der Waals surface area contributed by atoms with E-state index in [2.05, 4.69) is 37.5 Å². The van der Waals surface area contributed by atoms with Gasteiger partial charge in [-0.15, -0.1) is 0 Å². The monoisotopic (exact) mass is 222 g/mol. The molecule has 0 unspecified atom stereocenters. The second kappa shape index (κ2) is 3.91. The zero-order chi connectivity index (χ0) is 11.0.